The van der Waals surface area contributed by atoms with E-state index in [4.69, 9.17) is 9.47 Å². The molecule has 1 amide bonds. The molecule has 0 bridgehead atoms. The third-order valence-electron chi connectivity index (χ3n) is 3.99. The molecule has 0 spiro atoms. The number of carbonyl (C=O) groups excluding carboxylic acids is 2. The number of esters is 1. The Bertz CT molecular complexity index is 1050. The van der Waals surface area contributed by atoms with Gasteiger partial charge in [0.1, 0.15) is 11.4 Å². The summed E-state index contributed by atoms with van der Waals surface area (Å²) in [4.78, 5) is 34.2. The number of hydrogen-bond donors (Lipinski definition) is 1. The topological polar surface area (TPSA) is 142 Å². The maximum absolute atomic E-state index is 12.2. The molecule has 0 heterocycles. The fourth-order valence-corrected chi connectivity index (χ4v) is 3.60. The van der Waals surface area contributed by atoms with Gasteiger partial charge in [-0.25, -0.2) is 8.42 Å². The minimum atomic E-state index is -3.67. The van der Waals surface area contributed by atoms with Gasteiger partial charge in [0, 0.05) is 0 Å². The van der Waals surface area contributed by atoms with Crippen LogP contribution in [-0.4, -0.2) is 44.7 Å². The van der Waals surface area contributed by atoms with Crippen LogP contribution in [0.25, 0.3) is 0 Å². The summed E-state index contributed by atoms with van der Waals surface area (Å²) < 4.78 is 34.1. The number of ether oxygens (including phenoxy) is 2. The van der Waals surface area contributed by atoms with E-state index in [9.17, 15) is 28.1 Å². The number of nitrogens with one attached hydrogen (secondary N) is 1. The molecule has 0 unspecified atom stereocenters. The number of carbonyl (C=O) groups is 2. The Balaban J connectivity index is 1.88. The first-order valence-electron chi connectivity index (χ1n) is 8.69. The lowest BCUT2D eigenvalue weighted by atomic mass is 10.2. The molecule has 11 heteroatoms. The van der Waals surface area contributed by atoms with Gasteiger partial charge in [0.25, 0.3) is 11.6 Å². The zero-order valence-corrected chi connectivity index (χ0v) is 17.1. The predicted molar refractivity (Wildman–Crippen MR) is 107 cm³/mol. The van der Waals surface area contributed by atoms with E-state index in [1.165, 1.54) is 31.4 Å². The van der Waals surface area contributed by atoms with Crippen molar-refractivity contribution in [1.29, 1.82) is 0 Å². The average Bonchev–Trinajstić information content (AvgIpc) is 2.71. The minimum Gasteiger partial charge on any atom is -0.496 e. The van der Waals surface area contributed by atoms with Crippen molar-refractivity contribution in [3.05, 3.63) is 58.1 Å². The van der Waals surface area contributed by atoms with Gasteiger partial charge in [0.05, 0.1) is 35.2 Å². The van der Waals surface area contributed by atoms with Crippen LogP contribution in [0.4, 0.5) is 11.4 Å². The first kappa shape index (κ1) is 22.8. The summed E-state index contributed by atoms with van der Waals surface area (Å²) in [6.45, 7) is 1.10. The van der Waals surface area contributed by atoms with E-state index in [0.717, 1.165) is 11.6 Å². The molecule has 0 aromatic heterocycles. The maximum atomic E-state index is 12.2. The van der Waals surface area contributed by atoms with Gasteiger partial charge in [-0.05, 0) is 31.2 Å². The second-order valence-electron chi connectivity index (χ2n) is 6.23. The standard InChI is InChI=1S/C19H20N2O8S/c1-13-3-6-15(7-4-13)30(26,27)10-9-19(23)29-12-18(22)20-16-8-5-14(28-2)11-17(16)21(24)25/h3-8,11H,9-10,12H2,1-2H3,(H,20,22). The molecular weight excluding hydrogens is 416 g/mol. The van der Waals surface area contributed by atoms with Gasteiger partial charge in [-0.15, -0.1) is 0 Å². The summed E-state index contributed by atoms with van der Waals surface area (Å²) in [5.41, 5.74) is 0.415. The average molecular weight is 436 g/mol. The lowest BCUT2D eigenvalue weighted by Crippen LogP contribution is -2.22. The van der Waals surface area contributed by atoms with Crippen molar-refractivity contribution < 1.29 is 32.4 Å². The van der Waals surface area contributed by atoms with Crippen LogP contribution in [0.15, 0.2) is 47.4 Å². The zero-order chi connectivity index (χ0) is 22.3. The van der Waals surface area contributed by atoms with Crippen LogP contribution in [-0.2, 0) is 24.2 Å². The molecule has 0 aliphatic rings. The van der Waals surface area contributed by atoms with Crippen molar-refractivity contribution in [2.75, 3.05) is 24.8 Å². The van der Waals surface area contributed by atoms with Crippen LogP contribution in [0, 0.1) is 17.0 Å². The summed E-state index contributed by atoms with van der Waals surface area (Å²) in [6, 6.07) is 10.0. The molecule has 1 N–H and O–H groups in total. The van der Waals surface area contributed by atoms with Crippen molar-refractivity contribution in [1.82, 2.24) is 0 Å². The van der Waals surface area contributed by atoms with Crippen LogP contribution in [0.3, 0.4) is 0 Å². The molecule has 0 radical (unpaired) electrons. The highest BCUT2D eigenvalue weighted by atomic mass is 32.2. The van der Waals surface area contributed by atoms with E-state index < -0.39 is 51.1 Å². The Hall–Kier alpha value is -3.47. The molecule has 30 heavy (non-hydrogen) atoms. The first-order chi connectivity index (χ1) is 14.1. The number of nitro benzene ring substituents is 1. The second kappa shape index (κ2) is 9.83. The number of nitrogens with zero attached hydrogens (tertiary/aromatic N) is 1. The van der Waals surface area contributed by atoms with E-state index in [-0.39, 0.29) is 16.3 Å². The molecule has 2 aromatic carbocycles. The van der Waals surface area contributed by atoms with Gasteiger partial charge < -0.3 is 14.8 Å². The number of methoxy groups -OCH3 is 1. The largest absolute Gasteiger partial charge is 0.496 e. The first-order valence-corrected chi connectivity index (χ1v) is 10.3. The fraction of sp³-hybridized carbons (Fsp3) is 0.263. The quantitative estimate of drug-likeness (QED) is 0.358. The van der Waals surface area contributed by atoms with Crippen molar-refractivity contribution in [2.24, 2.45) is 0 Å². The van der Waals surface area contributed by atoms with Gasteiger partial charge in [-0.2, -0.15) is 0 Å². The number of hydrogen-bond acceptors (Lipinski definition) is 8. The van der Waals surface area contributed by atoms with Crippen LogP contribution in [0.2, 0.25) is 0 Å². The monoisotopic (exact) mass is 436 g/mol. The van der Waals surface area contributed by atoms with Gasteiger partial charge in [0.2, 0.25) is 0 Å². The Labute approximate surface area is 172 Å². The van der Waals surface area contributed by atoms with Crippen molar-refractivity contribution in [3.63, 3.8) is 0 Å². The Morgan fingerprint density at radius 3 is 2.40 bits per heavy atom. The Morgan fingerprint density at radius 1 is 1.13 bits per heavy atom. The SMILES string of the molecule is COc1ccc(NC(=O)COC(=O)CCS(=O)(=O)c2ccc(C)cc2)c([N+](=O)[O-])c1. The molecule has 10 nitrogen and oxygen atoms in total. The van der Waals surface area contributed by atoms with E-state index in [1.807, 2.05) is 6.92 Å². The number of rotatable bonds is 9. The summed E-state index contributed by atoms with van der Waals surface area (Å²) >= 11 is 0. The predicted octanol–water partition coefficient (Wildman–Crippen LogP) is 2.26. The van der Waals surface area contributed by atoms with Crippen molar-refractivity contribution in [3.8, 4) is 5.75 Å². The summed E-state index contributed by atoms with van der Waals surface area (Å²) in [6.07, 6.45) is -0.438. The molecule has 2 rings (SSSR count). The molecule has 0 aliphatic heterocycles. The zero-order valence-electron chi connectivity index (χ0n) is 16.3. The second-order valence-corrected chi connectivity index (χ2v) is 8.34. The van der Waals surface area contributed by atoms with E-state index in [2.05, 4.69) is 5.32 Å². The van der Waals surface area contributed by atoms with E-state index in [0.29, 0.717) is 0 Å². The molecule has 2 aromatic rings. The molecule has 0 fully saturated rings. The fourth-order valence-electron chi connectivity index (χ4n) is 2.38. The molecule has 0 saturated carbocycles. The van der Waals surface area contributed by atoms with E-state index in [1.54, 1.807) is 12.1 Å². The lowest BCUT2D eigenvalue weighted by molar-refractivity contribution is -0.384. The van der Waals surface area contributed by atoms with Crippen LogP contribution in [0.5, 0.6) is 5.75 Å². The molecule has 0 saturated heterocycles. The third kappa shape index (κ3) is 6.27. The summed E-state index contributed by atoms with van der Waals surface area (Å²) in [5, 5.41) is 13.4. The number of amides is 1. The normalized spacial score (nSPS) is 10.9. The van der Waals surface area contributed by atoms with Crippen molar-refractivity contribution in [2.45, 2.75) is 18.2 Å². The highest BCUT2D eigenvalue weighted by molar-refractivity contribution is 7.91. The number of anilines is 1. The van der Waals surface area contributed by atoms with Gasteiger partial charge in [-0.1, -0.05) is 17.7 Å². The molecule has 160 valence electrons. The lowest BCUT2D eigenvalue weighted by Gasteiger charge is -2.08. The minimum absolute atomic E-state index is 0.0884. The maximum Gasteiger partial charge on any atom is 0.307 e. The van der Waals surface area contributed by atoms with Gasteiger partial charge in [0.15, 0.2) is 16.4 Å². The highest BCUT2D eigenvalue weighted by Crippen LogP contribution is 2.28. The third-order valence-corrected chi connectivity index (χ3v) is 5.73. The number of nitro groups is 1. The highest BCUT2D eigenvalue weighted by Gasteiger charge is 2.20. The summed E-state index contributed by atoms with van der Waals surface area (Å²) in [7, 11) is -2.33. The van der Waals surface area contributed by atoms with Gasteiger partial charge in [-0.3, -0.25) is 19.7 Å². The van der Waals surface area contributed by atoms with Crippen LogP contribution in [0.1, 0.15) is 12.0 Å². The molecule has 0 aliphatic carbocycles. The van der Waals surface area contributed by atoms with Crippen molar-refractivity contribution >= 4 is 33.1 Å². The molecular formula is C19H20N2O8S. The number of sulfone groups is 1. The van der Waals surface area contributed by atoms with Crippen LogP contribution >= 0.6 is 0 Å². The Morgan fingerprint density at radius 2 is 1.80 bits per heavy atom. The van der Waals surface area contributed by atoms with Gasteiger partial charge >= 0.3 is 5.97 Å². The number of benzene rings is 2. The smallest absolute Gasteiger partial charge is 0.307 e. The Kier molecular flexibility index (Phi) is 7.48. The number of aryl methyl sites for hydroxylation is 1. The van der Waals surface area contributed by atoms with E-state index >= 15 is 0 Å². The van der Waals surface area contributed by atoms with Crippen LogP contribution < -0.4 is 10.1 Å². The summed E-state index contributed by atoms with van der Waals surface area (Å²) in [5.74, 6) is -1.93. The molecule has 0 atom stereocenters.